The number of nitrogens with zero attached hydrogens (tertiary/aromatic N) is 5. The summed E-state index contributed by atoms with van der Waals surface area (Å²) >= 11 is 1.56. The van der Waals surface area contributed by atoms with Crippen molar-refractivity contribution in [2.24, 2.45) is 5.41 Å². The fraction of sp³-hybridized carbons (Fsp3) is 0.407. The second kappa shape index (κ2) is 22.6. The van der Waals surface area contributed by atoms with Gasteiger partial charge in [0.2, 0.25) is 23.5 Å². The minimum atomic E-state index is -4.38. The summed E-state index contributed by atoms with van der Waals surface area (Å²) in [7, 11) is -4.38. The van der Waals surface area contributed by atoms with Gasteiger partial charge in [0.25, 0.3) is 0 Å². The Morgan fingerprint density at radius 3 is 2.36 bits per heavy atom. The van der Waals surface area contributed by atoms with Crippen molar-refractivity contribution in [3.63, 3.8) is 0 Å². The molecule has 0 saturated carbocycles. The summed E-state index contributed by atoms with van der Waals surface area (Å²) < 4.78 is 79.2. The van der Waals surface area contributed by atoms with Gasteiger partial charge in [-0.1, -0.05) is 69.3 Å². The first-order valence-electron chi connectivity index (χ1n) is 25.1. The number of fused-ring (bicyclic) bond motifs is 1. The Kier molecular flexibility index (Phi) is 16.1. The van der Waals surface area contributed by atoms with Crippen LogP contribution in [0.3, 0.4) is 0 Å². The molecule has 3 aromatic heterocycles. The van der Waals surface area contributed by atoms with E-state index in [1.54, 1.807) is 29.1 Å². The molecule has 6 heterocycles. The van der Waals surface area contributed by atoms with Crippen LogP contribution in [0.25, 0.3) is 32.6 Å². The van der Waals surface area contributed by atoms with Crippen LogP contribution in [0.1, 0.15) is 72.8 Å². The number of aromatic amines is 1. The summed E-state index contributed by atoms with van der Waals surface area (Å²) in [5.41, 5.74) is 5.04. The molecule has 22 heteroatoms. The third kappa shape index (κ3) is 12.2. The minimum Gasteiger partial charge on any atom is -0.391 e. The number of aliphatic hydroxyl groups is 1. The monoisotopic (exact) mass is 1080 g/mol. The van der Waals surface area contributed by atoms with E-state index in [9.17, 15) is 37.1 Å². The van der Waals surface area contributed by atoms with Gasteiger partial charge in [-0.25, -0.2) is 23.1 Å². The number of H-pyrrole nitrogens is 1. The number of hydrogen-bond donors (Lipinski definition) is 5. The molecule has 0 spiro atoms. The Hall–Kier alpha value is -6.56. The first-order chi connectivity index (χ1) is 36.2. The van der Waals surface area contributed by atoms with E-state index < -0.39 is 81.1 Å². The van der Waals surface area contributed by atoms with Gasteiger partial charge in [0.15, 0.2) is 5.82 Å². The number of halogens is 3. The van der Waals surface area contributed by atoms with Gasteiger partial charge in [-0.05, 0) is 72.1 Å². The first-order valence-corrected chi connectivity index (χ1v) is 27.4. The van der Waals surface area contributed by atoms with E-state index >= 15 is 8.78 Å². The molecule has 402 valence electrons. The quantitative estimate of drug-likeness (QED) is 0.0447. The molecule has 9 rings (SSSR count). The molecule has 0 unspecified atom stereocenters. The Labute approximate surface area is 442 Å². The van der Waals surface area contributed by atoms with E-state index in [4.69, 9.17) is 4.74 Å². The van der Waals surface area contributed by atoms with E-state index in [0.717, 1.165) is 55.7 Å². The van der Waals surface area contributed by atoms with Crippen molar-refractivity contribution in [1.82, 2.24) is 39.7 Å². The lowest BCUT2D eigenvalue weighted by Crippen LogP contribution is -2.60. The van der Waals surface area contributed by atoms with Crippen molar-refractivity contribution in [1.29, 1.82) is 0 Å². The summed E-state index contributed by atoms with van der Waals surface area (Å²) in [4.78, 5) is 70.7. The summed E-state index contributed by atoms with van der Waals surface area (Å²) in [6.07, 6.45) is 2.10. The molecule has 17 nitrogen and oxygen atoms in total. The van der Waals surface area contributed by atoms with Crippen LogP contribution < -0.4 is 15.4 Å². The number of pyridine rings is 1. The average Bonchev–Trinajstić information content (AvgIpc) is 4.21. The fourth-order valence-electron chi connectivity index (χ4n) is 9.77. The lowest BCUT2D eigenvalue weighted by atomic mass is 9.85. The second-order valence-electron chi connectivity index (χ2n) is 20.7. The fourth-order valence-corrected chi connectivity index (χ4v) is 11.8. The molecule has 3 saturated heterocycles. The number of hydrogen-bond acceptors (Lipinski definition) is 12. The Morgan fingerprint density at radius 1 is 0.947 bits per heavy atom. The van der Waals surface area contributed by atoms with E-state index in [-0.39, 0.29) is 62.5 Å². The normalized spacial score (nSPS) is 18.9. The number of anilines is 1. The number of aryl methyl sites for hydroxylation is 2. The van der Waals surface area contributed by atoms with Crippen LogP contribution in [0.15, 0.2) is 84.6 Å². The predicted octanol–water partition coefficient (Wildman–Crippen LogP) is 6.31. The average molecular weight is 1080 g/mol. The number of benzene rings is 3. The number of ketones is 1. The predicted molar refractivity (Wildman–Crippen MR) is 281 cm³/mol. The van der Waals surface area contributed by atoms with Gasteiger partial charge >= 0.3 is 10.2 Å². The molecule has 5 N–H and O–H groups in total. The van der Waals surface area contributed by atoms with E-state index in [1.807, 2.05) is 85.8 Å². The molecule has 0 bridgehead atoms. The summed E-state index contributed by atoms with van der Waals surface area (Å²) in [5.74, 6) is -4.76. The van der Waals surface area contributed by atoms with Gasteiger partial charge < -0.3 is 30.4 Å². The maximum atomic E-state index is 15.8. The van der Waals surface area contributed by atoms with Gasteiger partial charge in [0.05, 0.1) is 46.1 Å². The number of carbonyl (C=O) groups is 4. The maximum absolute atomic E-state index is 15.8. The summed E-state index contributed by atoms with van der Waals surface area (Å²) in [6, 6.07) is 17.1. The number of alkyl halides is 1. The van der Waals surface area contributed by atoms with Crippen LogP contribution >= 0.6 is 11.3 Å². The number of ether oxygens (including phenoxy) is 1. The number of thiazole rings is 1. The number of likely N-dealkylation sites (tertiary alicyclic amines) is 2. The van der Waals surface area contributed by atoms with Crippen molar-refractivity contribution < 1.29 is 50.6 Å². The smallest absolute Gasteiger partial charge is 0.301 e. The lowest BCUT2D eigenvalue weighted by molar-refractivity contribution is -0.144. The Balaban J connectivity index is 0.722. The van der Waals surface area contributed by atoms with Gasteiger partial charge in [-0.2, -0.15) is 12.7 Å². The van der Waals surface area contributed by atoms with Crippen LogP contribution in [-0.4, -0.2) is 142 Å². The third-order valence-corrected chi connectivity index (χ3v) is 16.5. The van der Waals surface area contributed by atoms with Crippen molar-refractivity contribution in [3.8, 4) is 21.6 Å². The molecule has 3 amide bonds. The standard InChI is InChI=1S/C54H60F3N9O8S2/c1-31-49(75-30-61-31)35-13-9-33(10-14-35)22-60-52(70)44-21-38(67)26-66(44)53(71)50(54(2,3)4)62-45(68)29-64-27-39(28-64)74-19-5-6-32-7-11-34(12-8-32)36-20-40-41(24-59-51(40)58-23-36)48(69)46-42(56)15-16-43(47(46)57)63-76(72,73)65-18-17-37(55)25-65/h7-16,20,23-24,30,37-39,44,50,63,67H,5-6,17-19,21-22,25-29H2,1-4H3,(H,58,59)(H,60,70)(H,62,68)/t37-,38-,44+,50-/m1/s1. The summed E-state index contributed by atoms with van der Waals surface area (Å²) in [5, 5.41) is 16.8. The third-order valence-electron chi connectivity index (χ3n) is 14.0. The number of β-amino-alcohol motifs (C(OH)–C–C–N with tert-alkyl or cyclic N) is 1. The second-order valence-corrected chi connectivity index (χ2v) is 23.2. The number of carbonyl (C=O) groups excluding carboxylic acids is 4. The lowest BCUT2D eigenvalue weighted by Gasteiger charge is -2.39. The molecule has 4 atom stereocenters. The zero-order valence-corrected chi connectivity index (χ0v) is 44.1. The molecular weight excluding hydrogens is 1020 g/mol. The van der Waals surface area contributed by atoms with Crippen LogP contribution in [0.2, 0.25) is 0 Å². The maximum Gasteiger partial charge on any atom is 0.301 e. The SMILES string of the molecule is Cc1ncsc1-c1ccc(CNC(=O)[C@@H]2C[C@@H](O)CN2C(=O)[C@@H](NC(=O)CN2CC(OCCCc3ccc(-c4cnc5[nH]cc(C(=O)c6c(F)ccc(NS(=O)(=O)N7CC[C@@H](F)C7)c6F)c5c4)cc3)C2)C(C)(C)C)cc1. The highest BCUT2D eigenvalue weighted by atomic mass is 32.2. The van der Waals surface area contributed by atoms with Crippen molar-refractivity contribution >= 4 is 61.8 Å². The molecule has 3 aliphatic heterocycles. The number of aliphatic hydroxyl groups excluding tert-OH is 1. The Bertz CT molecular complexity index is 3230. The van der Waals surface area contributed by atoms with E-state index in [0.29, 0.717) is 42.7 Å². The largest absolute Gasteiger partial charge is 0.391 e. The van der Waals surface area contributed by atoms with Crippen LogP contribution in [0, 0.1) is 24.0 Å². The summed E-state index contributed by atoms with van der Waals surface area (Å²) in [6.45, 7) is 8.83. The van der Waals surface area contributed by atoms with Gasteiger partial charge in [-0.15, -0.1) is 11.3 Å². The molecule has 3 aliphatic rings. The van der Waals surface area contributed by atoms with E-state index in [2.05, 4.69) is 25.6 Å². The van der Waals surface area contributed by atoms with Gasteiger partial charge in [0, 0.05) is 81.2 Å². The Morgan fingerprint density at radius 2 is 1.67 bits per heavy atom. The van der Waals surface area contributed by atoms with Crippen molar-refractivity contribution in [2.75, 3.05) is 50.6 Å². The number of rotatable bonds is 19. The highest BCUT2D eigenvalue weighted by Gasteiger charge is 2.45. The highest BCUT2D eigenvalue weighted by molar-refractivity contribution is 7.90. The van der Waals surface area contributed by atoms with Crippen molar-refractivity contribution in [2.45, 2.75) is 90.4 Å². The zero-order valence-electron chi connectivity index (χ0n) is 42.4. The molecule has 3 aromatic carbocycles. The topological polar surface area (TPSA) is 219 Å². The highest BCUT2D eigenvalue weighted by Crippen LogP contribution is 2.32. The molecule has 0 aliphatic carbocycles. The van der Waals surface area contributed by atoms with Crippen LogP contribution in [-0.2, 0) is 42.3 Å². The molecule has 3 fully saturated rings. The minimum absolute atomic E-state index is 0.0108. The molecular formula is C54H60F3N9O8S2. The number of amides is 3. The van der Waals surface area contributed by atoms with Crippen molar-refractivity contribution in [3.05, 3.63) is 124 Å². The van der Waals surface area contributed by atoms with E-state index in [1.165, 1.54) is 11.1 Å². The van der Waals surface area contributed by atoms with Gasteiger partial charge in [-0.3, -0.25) is 28.8 Å². The van der Waals surface area contributed by atoms with Crippen LogP contribution in [0.5, 0.6) is 0 Å². The first kappa shape index (κ1) is 54.2. The molecule has 0 radical (unpaired) electrons. The zero-order chi connectivity index (χ0) is 54.1. The number of aromatic nitrogens is 3. The van der Waals surface area contributed by atoms with Crippen LogP contribution in [0.4, 0.5) is 18.9 Å². The molecule has 6 aromatic rings. The number of nitrogens with one attached hydrogen (secondary N) is 4. The van der Waals surface area contributed by atoms with Gasteiger partial charge in [0.1, 0.15) is 29.7 Å². The molecule has 76 heavy (non-hydrogen) atoms.